The molecule has 0 radical (unpaired) electrons. The van der Waals surface area contributed by atoms with E-state index in [0.717, 1.165) is 5.76 Å². The molecule has 1 aromatic rings. The second kappa shape index (κ2) is 2.55. The van der Waals surface area contributed by atoms with Crippen LogP contribution in [0.1, 0.15) is 5.76 Å². The molecule has 0 unspecified atom stereocenters. The minimum Gasteiger partial charge on any atom is -0.468 e. The fourth-order valence-electron chi connectivity index (χ4n) is 0.578. The van der Waals surface area contributed by atoms with Gasteiger partial charge in [-0.1, -0.05) is 0 Å². The number of hydrogen-bond donors (Lipinski definition) is 1. The van der Waals surface area contributed by atoms with Crippen LogP contribution < -0.4 is 10.5 Å². The fraction of sp³-hybridized carbons (Fsp3) is 0.333. The van der Waals surface area contributed by atoms with Crippen LogP contribution in [0.15, 0.2) is 16.5 Å². The summed E-state index contributed by atoms with van der Waals surface area (Å²) < 4.78 is 9.81. The summed E-state index contributed by atoms with van der Waals surface area (Å²) in [5.74, 6) is 1.25. The van der Waals surface area contributed by atoms with Crippen LogP contribution >= 0.6 is 0 Å². The Morgan fingerprint density at radius 3 is 2.78 bits per heavy atom. The van der Waals surface area contributed by atoms with Crippen molar-refractivity contribution in [2.45, 2.75) is 6.54 Å². The largest absolute Gasteiger partial charge is 0.468 e. The summed E-state index contributed by atoms with van der Waals surface area (Å²) in [5, 5.41) is 0. The SMILES string of the molecule is COc1ccc(CN)o1. The third-order valence-corrected chi connectivity index (χ3v) is 1.04. The molecular weight excluding hydrogens is 118 g/mol. The quantitative estimate of drug-likeness (QED) is 0.637. The molecule has 0 aliphatic carbocycles. The molecule has 3 nitrogen and oxygen atoms in total. The minimum atomic E-state index is 0.420. The first kappa shape index (κ1) is 6.16. The van der Waals surface area contributed by atoms with Gasteiger partial charge in [-0.05, 0) is 6.07 Å². The van der Waals surface area contributed by atoms with Crippen molar-refractivity contribution in [1.82, 2.24) is 0 Å². The number of methoxy groups -OCH3 is 1. The number of rotatable bonds is 2. The average molecular weight is 127 g/mol. The van der Waals surface area contributed by atoms with E-state index in [1.165, 1.54) is 0 Å². The summed E-state index contributed by atoms with van der Waals surface area (Å²) >= 11 is 0. The first-order valence-corrected chi connectivity index (χ1v) is 2.69. The van der Waals surface area contributed by atoms with E-state index in [1.54, 1.807) is 19.2 Å². The van der Waals surface area contributed by atoms with E-state index in [2.05, 4.69) is 0 Å². The molecule has 0 aromatic carbocycles. The van der Waals surface area contributed by atoms with E-state index in [-0.39, 0.29) is 0 Å². The van der Waals surface area contributed by atoms with Crippen LogP contribution in [0.2, 0.25) is 0 Å². The Hall–Kier alpha value is -0.960. The molecule has 0 saturated carbocycles. The summed E-state index contributed by atoms with van der Waals surface area (Å²) in [6.07, 6.45) is 0. The second-order valence-electron chi connectivity index (χ2n) is 1.63. The van der Waals surface area contributed by atoms with Crippen molar-refractivity contribution in [3.05, 3.63) is 17.9 Å². The van der Waals surface area contributed by atoms with Crippen molar-refractivity contribution < 1.29 is 9.15 Å². The van der Waals surface area contributed by atoms with Crippen LogP contribution in [0.4, 0.5) is 0 Å². The molecule has 0 aliphatic rings. The lowest BCUT2D eigenvalue weighted by molar-refractivity contribution is 0.295. The molecule has 0 amide bonds. The van der Waals surface area contributed by atoms with Crippen LogP contribution in [0.5, 0.6) is 5.95 Å². The lowest BCUT2D eigenvalue weighted by Crippen LogP contribution is -1.92. The van der Waals surface area contributed by atoms with E-state index in [9.17, 15) is 0 Å². The van der Waals surface area contributed by atoms with Gasteiger partial charge < -0.3 is 14.9 Å². The maximum Gasteiger partial charge on any atom is 0.284 e. The highest BCUT2D eigenvalue weighted by Crippen LogP contribution is 2.13. The van der Waals surface area contributed by atoms with E-state index in [0.29, 0.717) is 12.5 Å². The van der Waals surface area contributed by atoms with Crippen LogP contribution in [0.25, 0.3) is 0 Å². The minimum absolute atomic E-state index is 0.420. The summed E-state index contributed by atoms with van der Waals surface area (Å²) in [4.78, 5) is 0. The van der Waals surface area contributed by atoms with Crippen LogP contribution in [-0.2, 0) is 6.54 Å². The Balaban J connectivity index is 2.74. The third kappa shape index (κ3) is 1.23. The lowest BCUT2D eigenvalue weighted by Gasteiger charge is -1.89. The van der Waals surface area contributed by atoms with Gasteiger partial charge in [-0.25, -0.2) is 0 Å². The van der Waals surface area contributed by atoms with E-state index >= 15 is 0 Å². The Morgan fingerprint density at radius 2 is 2.44 bits per heavy atom. The molecule has 1 aromatic heterocycles. The lowest BCUT2D eigenvalue weighted by atomic mass is 10.5. The molecule has 2 N–H and O–H groups in total. The Bertz CT molecular complexity index is 164. The van der Waals surface area contributed by atoms with Gasteiger partial charge in [0.1, 0.15) is 5.76 Å². The summed E-state index contributed by atoms with van der Waals surface area (Å²) in [5.41, 5.74) is 5.27. The van der Waals surface area contributed by atoms with Gasteiger partial charge in [-0.3, -0.25) is 0 Å². The number of nitrogens with two attached hydrogens (primary N) is 1. The van der Waals surface area contributed by atoms with Gasteiger partial charge in [0.15, 0.2) is 0 Å². The topological polar surface area (TPSA) is 48.4 Å². The Kier molecular flexibility index (Phi) is 1.75. The predicted octanol–water partition coefficient (Wildman–Crippen LogP) is 0.747. The van der Waals surface area contributed by atoms with Crippen molar-refractivity contribution in [2.75, 3.05) is 7.11 Å². The Labute approximate surface area is 53.4 Å². The van der Waals surface area contributed by atoms with Gasteiger partial charge in [0.25, 0.3) is 5.95 Å². The molecule has 50 valence electrons. The summed E-state index contributed by atoms with van der Waals surface area (Å²) in [7, 11) is 1.55. The molecule has 0 saturated heterocycles. The molecule has 0 bridgehead atoms. The molecule has 0 aliphatic heterocycles. The van der Waals surface area contributed by atoms with Crippen LogP contribution in [-0.4, -0.2) is 7.11 Å². The zero-order chi connectivity index (χ0) is 6.69. The predicted molar refractivity (Wildman–Crippen MR) is 33.2 cm³/mol. The normalized spacial score (nSPS) is 9.56. The monoisotopic (exact) mass is 127 g/mol. The van der Waals surface area contributed by atoms with Gasteiger partial charge in [-0.15, -0.1) is 0 Å². The van der Waals surface area contributed by atoms with Gasteiger partial charge >= 0.3 is 0 Å². The van der Waals surface area contributed by atoms with Gasteiger partial charge in [-0.2, -0.15) is 0 Å². The fourth-order valence-corrected chi connectivity index (χ4v) is 0.578. The van der Waals surface area contributed by atoms with Crippen LogP contribution in [0, 0.1) is 0 Å². The maximum absolute atomic E-state index is 5.27. The zero-order valence-electron chi connectivity index (χ0n) is 5.26. The van der Waals surface area contributed by atoms with Gasteiger partial charge in [0.2, 0.25) is 0 Å². The van der Waals surface area contributed by atoms with Crippen molar-refractivity contribution in [1.29, 1.82) is 0 Å². The van der Waals surface area contributed by atoms with E-state index in [1.807, 2.05) is 0 Å². The number of furan rings is 1. The first-order valence-electron chi connectivity index (χ1n) is 2.69. The van der Waals surface area contributed by atoms with Crippen molar-refractivity contribution in [2.24, 2.45) is 5.73 Å². The summed E-state index contributed by atoms with van der Waals surface area (Å²) in [6, 6.07) is 3.53. The van der Waals surface area contributed by atoms with Crippen molar-refractivity contribution >= 4 is 0 Å². The highest BCUT2D eigenvalue weighted by molar-refractivity contribution is 5.10. The van der Waals surface area contributed by atoms with Crippen molar-refractivity contribution in [3.63, 3.8) is 0 Å². The van der Waals surface area contributed by atoms with Gasteiger partial charge in [0, 0.05) is 6.07 Å². The van der Waals surface area contributed by atoms with Crippen molar-refractivity contribution in [3.8, 4) is 5.95 Å². The molecule has 9 heavy (non-hydrogen) atoms. The van der Waals surface area contributed by atoms with E-state index in [4.69, 9.17) is 14.9 Å². The highest BCUT2D eigenvalue weighted by atomic mass is 16.6. The van der Waals surface area contributed by atoms with Crippen LogP contribution in [0.3, 0.4) is 0 Å². The zero-order valence-corrected chi connectivity index (χ0v) is 5.26. The number of hydrogen-bond acceptors (Lipinski definition) is 3. The average Bonchev–Trinajstić information content (AvgIpc) is 2.34. The highest BCUT2D eigenvalue weighted by Gasteiger charge is 1.96. The van der Waals surface area contributed by atoms with Gasteiger partial charge in [0.05, 0.1) is 13.7 Å². The maximum atomic E-state index is 5.27. The molecule has 1 heterocycles. The van der Waals surface area contributed by atoms with E-state index < -0.39 is 0 Å². The Morgan fingerprint density at radius 1 is 1.67 bits per heavy atom. The molecule has 0 fully saturated rings. The molecule has 1 rings (SSSR count). The molecule has 3 heteroatoms. The third-order valence-electron chi connectivity index (χ3n) is 1.04. The second-order valence-corrected chi connectivity index (χ2v) is 1.63. The first-order chi connectivity index (χ1) is 4.36. The molecule has 0 spiro atoms. The standard InChI is InChI=1S/C6H9NO2/c1-8-6-3-2-5(4-7)9-6/h2-3H,4,7H2,1H3. The number of ether oxygens (including phenoxy) is 1. The molecular formula is C6H9NO2. The summed E-state index contributed by atoms with van der Waals surface area (Å²) in [6.45, 7) is 0.420. The molecule has 0 atom stereocenters. The smallest absolute Gasteiger partial charge is 0.284 e.